The van der Waals surface area contributed by atoms with Gasteiger partial charge in [-0.3, -0.25) is 11.3 Å². The Hall–Kier alpha value is -0.130. The topological polar surface area (TPSA) is 41.3 Å². The van der Waals surface area contributed by atoms with Crippen LogP contribution in [0.1, 0.15) is 31.2 Å². The first-order valence-corrected chi connectivity index (χ1v) is 6.90. The molecule has 1 unspecified atom stereocenters. The highest BCUT2D eigenvalue weighted by Gasteiger charge is 2.15. The van der Waals surface area contributed by atoms with Crippen molar-refractivity contribution in [2.24, 2.45) is 5.84 Å². The lowest BCUT2D eigenvalue weighted by atomic mass is 10.1. The van der Waals surface area contributed by atoms with E-state index < -0.39 is 0 Å². The minimum atomic E-state index is 0.160. The standard InChI is InChI=1S/C11H20ClN3S/c1-3-15(4-2)7-5-10(14-13)11-9(12)6-8-16-11/h6,8,10,14H,3-5,7,13H2,1-2H3. The van der Waals surface area contributed by atoms with Gasteiger partial charge in [0.2, 0.25) is 0 Å². The largest absolute Gasteiger partial charge is 0.304 e. The van der Waals surface area contributed by atoms with Gasteiger partial charge >= 0.3 is 0 Å². The smallest absolute Gasteiger partial charge is 0.0580 e. The van der Waals surface area contributed by atoms with Gasteiger partial charge in [-0.15, -0.1) is 11.3 Å². The molecular formula is C11H20ClN3S. The van der Waals surface area contributed by atoms with Gasteiger partial charge in [0.05, 0.1) is 11.1 Å². The van der Waals surface area contributed by atoms with E-state index in [0.717, 1.165) is 36.0 Å². The van der Waals surface area contributed by atoms with Crippen molar-refractivity contribution in [1.29, 1.82) is 0 Å². The molecule has 0 fully saturated rings. The third kappa shape index (κ3) is 3.71. The molecular weight excluding hydrogens is 242 g/mol. The van der Waals surface area contributed by atoms with Crippen LogP contribution in [-0.2, 0) is 0 Å². The monoisotopic (exact) mass is 261 g/mol. The number of rotatable bonds is 7. The summed E-state index contributed by atoms with van der Waals surface area (Å²) in [6, 6.07) is 2.08. The van der Waals surface area contributed by atoms with Crippen molar-refractivity contribution >= 4 is 22.9 Å². The zero-order valence-electron chi connectivity index (χ0n) is 9.87. The van der Waals surface area contributed by atoms with E-state index in [2.05, 4.69) is 24.2 Å². The van der Waals surface area contributed by atoms with Crippen molar-refractivity contribution in [3.63, 3.8) is 0 Å². The quantitative estimate of drug-likeness (QED) is 0.586. The number of thiophene rings is 1. The zero-order chi connectivity index (χ0) is 12.0. The maximum Gasteiger partial charge on any atom is 0.0580 e. The molecule has 1 atom stereocenters. The van der Waals surface area contributed by atoms with Crippen molar-refractivity contribution in [3.05, 3.63) is 21.3 Å². The van der Waals surface area contributed by atoms with Crippen LogP contribution in [0, 0.1) is 0 Å². The lowest BCUT2D eigenvalue weighted by Crippen LogP contribution is -2.32. The highest BCUT2D eigenvalue weighted by atomic mass is 35.5. The number of hydrogen-bond donors (Lipinski definition) is 2. The van der Waals surface area contributed by atoms with E-state index in [-0.39, 0.29) is 6.04 Å². The maximum absolute atomic E-state index is 6.10. The van der Waals surface area contributed by atoms with E-state index >= 15 is 0 Å². The van der Waals surface area contributed by atoms with Crippen LogP contribution in [0.2, 0.25) is 5.02 Å². The summed E-state index contributed by atoms with van der Waals surface area (Å²) >= 11 is 7.75. The Labute approximate surface area is 107 Å². The molecule has 0 saturated heterocycles. The van der Waals surface area contributed by atoms with Crippen LogP contribution in [-0.4, -0.2) is 24.5 Å². The second-order valence-electron chi connectivity index (χ2n) is 3.67. The second-order valence-corrected chi connectivity index (χ2v) is 5.02. The summed E-state index contributed by atoms with van der Waals surface area (Å²) in [6.07, 6.45) is 0.985. The third-order valence-electron chi connectivity index (χ3n) is 2.79. The molecule has 1 rings (SSSR count). The van der Waals surface area contributed by atoms with Gasteiger partial charge in [-0.25, -0.2) is 0 Å². The molecule has 0 radical (unpaired) electrons. The molecule has 1 aromatic rings. The average molecular weight is 262 g/mol. The molecule has 92 valence electrons. The van der Waals surface area contributed by atoms with Gasteiger partial charge in [0.15, 0.2) is 0 Å². The van der Waals surface area contributed by atoms with Crippen LogP contribution in [0.25, 0.3) is 0 Å². The van der Waals surface area contributed by atoms with Crippen LogP contribution < -0.4 is 11.3 Å². The Morgan fingerprint density at radius 1 is 1.50 bits per heavy atom. The van der Waals surface area contributed by atoms with E-state index in [9.17, 15) is 0 Å². The third-order valence-corrected chi connectivity index (χ3v) is 4.26. The first-order valence-electron chi connectivity index (χ1n) is 5.64. The van der Waals surface area contributed by atoms with Gasteiger partial charge < -0.3 is 4.90 Å². The van der Waals surface area contributed by atoms with Gasteiger partial charge in [-0.2, -0.15) is 0 Å². The summed E-state index contributed by atoms with van der Waals surface area (Å²) in [5.74, 6) is 5.58. The summed E-state index contributed by atoms with van der Waals surface area (Å²) in [5.41, 5.74) is 2.85. The zero-order valence-corrected chi connectivity index (χ0v) is 11.4. The van der Waals surface area contributed by atoms with Gasteiger partial charge in [0.1, 0.15) is 0 Å². The summed E-state index contributed by atoms with van der Waals surface area (Å²) < 4.78 is 0. The second kappa shape index (κ2) is 7.25. The predicted octanol–water partition coefficient (Wildman–Crippen LogP) is 2.64. The first-order chi connectivity index (χ1) is 7.72. The minimum absolute atomic E-state index is 0.160. The fraction of sp³-hybridized carbons (Fsp3) is 0.636. The highest BCUT2D eigenvalue weighted by Crippen LogP contribution is 2.30. The molecule has 0 aliphatic heterocycles. The Morgan fingerprint density at radius 3 is 2.62 bits per heavy atom. The van der Waals surface area contributed by atoms with Crippen molar-refractivity contribution in [2.75, 3.05) is 19.6 Å². The van der Waals surface area contributed by atoms with Crippen LogP contribution in [0.4, 0.5) is 0 Å². The SMILES string of the molecule is CCN(CC)CCC(NN)c1sccc1Cl. The fourth-order valence-electron chi connectivity index (χ4n) is 1.70. The summed E-state index contributed by atoms with van der Waals surface area (Å²) in [7, 11) is 0. The van der Waals surface area contributed by atoms with Crippen molar-refractivity contribution in [2.45, 2.75) is 26.3 Å². The molecule has 0 bridgehead atoms. The van der Waals surface area contributed by atoms with E-state index in [1.807, 2.05) is 11.4 Å². The first kappa shape index (κ1) is 13.9. The minimum Gasteiger partial charge on any atom is -0.304 e. The normalized spacial score (nSPS) is 13.3. The molecule has 5 heteroatoms. The number of hydrazine groups is 1. The highest BCUT2D eigenvalue weighted by molar-refractivity contribution is 7.10. The molecule has 1 aromatic heterocycles. The number of nitrogens with zero attached hydrogens (tertiary/aromatic N) is 1. The number of nitrogens with two attached hydrogens (primary N) is 1. The molecule has 0 spiro atoms. The number of nitrogens with one attached hydrogen (secondary N) is 1. The van der Waals surface area contributed by atoms with Gasteiger partial charge in [0.25, 0.3) is 0 Å². The Kier molecular flexibility index (Phi) is 6.31. The molecule has 0 aromatic carbocycles. The van der Waals surface area contributed by atoms with Crippen molar-refractivity contribution < 1.29 is 0 Å². The van der Waals surface area contributed by atoms with Crippen LogP contribution in [0.15, 0.2) is 11.4 Å². The number of hydrogen-bond acceptors (Lipinski definition) is 4. The Balaban J connectivity index is 2.53. The van der Waals surface area contributed by atoms with Crippen LogP contribution in [0.5, 0.6) is 0 Å². The molecule has 3 N–H and O–H groups in total. The van der Waals surface area contributed by atoms with Crippen LogP contribution >= 0.6 is 22.9 Å². The average Bonchev–Trinajstić information content (AvgIpc) is 2.71. The van der Waals surface area contributed by atoms with Gasteiger partial charge in [-0.1, -0.05) is 25.4 Å². The summed E-state index contributed by atoms with van der Waals surface area (Å²) in [4.78, 5) is 3.52. The van der Waals surface area contributed by atoms with Crippen molar-refractivity contribution in [3.8, 4) is 0 Å². The lowest BCUT2D eigenvalue weighted by Gasteiger charge is -2.21. The lowest BCUT2D eigenvalue weighted by molar-refractivity contribution is 0.283. The molecule has 0 aliphatic rings. The van der Waals surface area contributed by atoms with Gasteiger partial charge in [0, 0.05) is 4.88 Å². The number of halogens is 1. The molecule has 0 saturated carbocycles. The molecule has 1 heterocycles. The van der Waals surface area contributed by atoms with E-state index in [1.54, 1.807) is 11.3 Å². The van der Waals surface area contributed by atoms with E-state index in [0.29, 0.717) is 0 Å². The molecule has 0 aliphatic carbocycles. The van der Waals surface area contributed by atoms with Crippen molar-refractivity contribution in [1.82, 2.24) is 10.3 Å². The van der Waals surface area contributed by atoms with E-state index in [1.165, 1.54) is 0 Å². The molecule has 0 amide bonds. The predicted molar refractivity (Wildman–Crippen MR) is 71.8 cm³/mol. The Morgan fingerprint density at radius 2 is 2.19 bits per heavy atom. The Bertz CT molecular complexity index is 299. The fourth-order valence-corrected chi connectivity index (χ4v) is 2.98. The maximum atomic E-state index is 6.10. The summed E-state index contributed by atoms with van der Waals surface area (Å²) in [5, 5.41) is 2.81. The molecule has 16 heavy (non-hydrogen) atoms. The van der Waals surface area contributed by atoms with E-state index in [4.69, 9.17) is 17.4 Å². The summed E-state index contributed by atoms with van der Waals surface area (Å²) in [6.45, 7) is 7.53. The molecule has 3 nitrogen and oxygen atoms in total. The van der Waals surface area contributed by atoms with Gasteiger partial charge in [-0.05, 0) is 37.5 Å². The van der Waals surface area contributed by atoms with Crippen LogP contribution in [0.3, 0.4) is 0 Å².